The van der Waals surface area contributed by atoms with Crippen LogP contribution < -0.4 is 10.5 Å². The number of halogens is 3. The van der Waals surface area contributed by atoms with Crippen molar-refractivity contribution in [3.63, 3.8) is 0 Å². The SMILES string of the molecule is O=c1[nH]c(-c2cccc(C3Cc4cc(C(F)(F)F)ccc4O3)n2)no1. The molecule has 0 fully saturated rings. The van der Waals surface area contributed by atoms with Gasteiger partial charge in [0.15, 0.2) is 0 Å². The Kier molecular flexibility index (Phi) is 3.38. The lowest BCUT2D eigenvalue weighted by Crippen LogP contribution is -2.06. The molecule has 3 aromatic rings. The number of alkyl halides is 3. The van der Waals surface area contributed by atoms with E-state index in [1.165, 1.54) is 6.07 Å². The van der Waals surface area contributed by atoms with E-state index in [0.717, 1.165) is 12.1 Å². The second-order valence-corrected chi connectivity index (χ2v) is 5.52. The maximum atomic E-state index is 12.8. The molecule has 0 bridgehead atoms. The highest BCUT2D eigenvalue weighted by Gasteiger charge is 2.33. The Labute approximate surface area is 138 Å². The zero-order chi connectivity index (χ0) is 17.6. The minimum absolute atomic E-state index is 0.168. The molecule has 0 saturated heterocycles. The molecule has 0 spiro atoms. The summed E-state index contributed by atoms with van der Waals surface area (Å²) >= 11 is 0. The summed E-state index contributed by atoms with van der Waals surface area (Å²) in [6.07, 6.45) is -4.65. The molecule has 25 heavy (non-hydrogen) atoms. The van der Waals surface area contributed by atoms with E-state index >= 15 is 0 Å². The third-order valence-corrected chi connectivity index (χ3v) is 3.85. The fourth-order valence-electron chi connectivity index (χ4n) is 2.69. The summed E-state index contributed by atoms with van der Waals surface area (Å²) in [5.41, 5.74) is 0.657. The summed E-state index contributed by atoms with van der Waals surface area (Å²) in [6.45, 7) is 0. The Morgan fingerprint density at radius 3 is 2.76 bits per heavy atom. The normalized spacial score (nSPS) is 16.5. The molecule has 0 aliphatic carbocycles. The average molecular weight is 349 g/mol. The zero-order valence-electron chi connectivity index (χ0n) is 12.5. The Morgan fingerprint density at radius 1 is 1.20 bits per heavy atom. The number of pyridine rings is 1. The summed E-state index contributed by atoms with van der Waals surface area (Å²) in [4.78, 5) is 17.8. The first-order valence-corrected chi connectivity index (χ1v) is 7.30. The van der Waals surface area contributed by atoms with Crippen LogP contribution in [0.4, 0.5) is 13.2 Å². The van der Waals surface area contributed by atoms with E-state index in [9.17, 15) is 18.0 Å². The molecule has 0 saturated carbocycles. The van der Waals surface area contributed by atoms with Crippen LogP contribution in [0.15, 0.2) is 45.7 Å². The molecule has 0 radical (unpaired) electrons. The first-order valence-electron chi connectivity index (χ1n) is 7.30. The third kappa shape index (κ3) is 2.88. The molecular formula is C16H10F3N3O3. The summed E-state index contributed by atoms with van der Waals surface area (Å²) in [5, 5.41) is 3.56. The van der Waals surface area contributed by atoms with Crippen LogP contribution in [0.25, 0.3) is 11.5 Å². The maximum absolute atomic E-state index is 12.8. The van der Waals surface area contributed by atoms with Crippen molar-refractivity contribution in [1.82, 2.24) is 15.1 Å². The Morgan fingerprint density at radius 2 is 2.04 bits per heavy atom. The highest BCUT2D eigenvalue weighted by atomic mass is 19.4. The Balaban J connectivity index is 1.63. The van der Waals surface area contributed by atoms with E-state index in [-0.39, 0.29) is 12.2 Å². The number of aromatic amines is 1. The van der Waals surface area contributed by atoms with Crippen molar-refractivity contribution in [2.45, 2.75) is 18.7 Å². The van der Waals surface area contributed by atoms with E-state index < -0.39 is 23.6 Å². The van der Waals surface area contributed by atoms with Crippen LogP contribution in [0.2, 0.25) is 0 Å². The standard InChI is InChI=1S/C16H10F3N3O3/c17-16(18,19)9-4-5-12-8(6-9)7-13(24-12)10-2-1-3-11(20-10)14-21-15(23)25-22-14/h1-6,13H,7H2,(H,21,22,23). The van der Waals surface area contributed by atoms with Crippen LogP contribution in [-0.2, 0) is 12.6 Å². The number of fused-ring (bicyclic) bond motifs is 1. The van der Waals surface area contributed by atoms with Gasteiger partial charge in [0.1, 0.15) is 17.5 Å². The molecule has 1 aliphatic rings. The molecule has 1 aliphatic heterocycles. The number of nitrogens with zero attached hydrogens (tertiary/aromatic N) is 2. The van der Waals surface area contributed by atoms with Crippen molar-refractivity contribution in [2.24, 2.45) is 0 Å². The van der Waals surface area contributed by atoms with E-state index in [1.54, 1.807) is 18.2 Å². The largest absolute Gasteiger partial charge is 0.483 e. The van der Waals surface area contributed by atoms with Gasteiger partial charge in [0.25, 0.3) is 0 Å². The second-order valence-electron chi connectivity index (χ2n) is 5.52. The van der Waals surface area contributed by atoms with Gasteiger partial charge in [-0.15, -0.1) is 0 Å². The molecule has 1 unspecified atom stereocenters. The minimum Gasteiger partial charge on any atom is -0.483 e. The molecule has 2 aromatic heterocycles. The monoisotopic (exact) mass is 349 g/mol. The number of H-pyrrole nitrogens is 1. The van der Waals surface area contributed by atoms with E-state index in [4.69, 9.17) is 4.74 Å². The van der Waals surface area contributed by atoms with Crippen molar-refractivity contribution < 1.29 is 22.4 Å². The van der Waals surface area contributed by atoms with Crippen LogP contribution >= 0.6 is 0 Å². The number of ether oxygens (including phenoxy) is 1. The molecule has 4 rings (SSSR count). The number of hydrogen-bond donors (Lipinski definition) is 1. The van der Waals surface area contributed by atoms with Crippen LogP contribution in [0.1, 0.15) is 22.9 Å². The van der Waals surface area contributed by atoms with E-state index in [2.05, 4.69) is 19.6 Å². The third-order valence-electron chi connectivity index (χ3n) is 3.85. The number of benzene rings is 1. The van der Waals surface area contributed by atoms with Gasteiger partial charge < -0.3 is 4.74 Å². The Hall–Kier alpha value is -3.10. The highest BCUT2D eigenvalue weighted by Crippen LogP contribution is 2.40. The number of nitrogens with one attached hydrogen (secondary N) is 1. The molecule has 128 valence electrons. The summed E-state index contributed by atoms with van der Waals surface area (Å²) in [6, 6.07) is 8.42. The summed E-state index contributed by atoms with van der Waals surface area (Å²) in [5.74, 6) is -0.131. The van der Waals surface area contributed by atoms with Gasteiger partial charge in [-0.2, -0.15) is 13.2 Å². The predicted molar refractivity (Wildman–Crippen MR) is 78.9 cm³/mol. The molecule has 1 N–H and O–H groups in total. The number of aromatic nitrogens is 3. The number of rotatable bonds is 2. The first kappa shape index (κ1) is 15.4. The highest BCUT2D eigenvalue weighted by molar-refractivity contribution is 5.49. The van der Waals surface area contributed by atoms with Gasteiger partial charge in [-0.3, -0.25) is 9.51 Å². The van der Waals surface area contributed by atoms with Crippen LogP contribution in [0.5, 0.6) is 5.75 Å². The fraction of sp³-hybridized carbons (Fsp3) is 0.188. The molecule has 1 aromatic carbocycles. The summed E-state index contributed by atoms with van der Waals surface area (Å²) in [7, 11) is 0. The van der Waals surface area contributed by atoms with Gasteiger partial charge in [-0.25, -0.2) is 9.78 Å². The molecule has 0 amide bonds. The first-order chi connectivity index (χ1) is 11.9. The van der Waals surface area contributed by atoms with Gasteiger partial charge in [0, 0.05) is 6.42 Å². The van der Waals surface area contributed by atoms with E-state index in [1.807, 2.05) is 0 Å². The zero-order valence-corrected chi connectivity index (χ0v) is 12.5. The lowest BCUT2D eigenvalue weighted by atomic mass is 10.0. The second kappa shape index (κ2) is 5.47. The quantitative estimate of drug-likeness (QED) is 0.769. The van der Waals surface area contributed by atoms with Gasteiger partial charge in [0.05, 0.1) is 11.3 Å². The van der Waals surface area contributed by atoms with Crippen molar-refractivity contribution in [1.29, 1.82) is 0 Å². The average Bonchev–Trinajstić information content (AvgIpc) is 3.19. The lowest BCUT2D eigenvalue weighted by Gasteiger charge is -2.10. The van der Waals surface area contributed by atoms with Gasteiger partial charge in [0.2, 0.25) is 5.82 Å². The summed E-state index contributed by atoms with van der Waals surface area (Å²) < 4.78 is 48.6. The van der Waals surface area contributed by atoms with Crippen molar-refractivity contribution in [2.75, 3.05) is 0 Å². The maximum Gasteiger partial charge on any atom is 0.439 e. The molecule has 9 heteroatoms. The van der Waals surface area contributed by atoms with Crippen LogP contribution in [-0.4, -0.2) is 15.1 Å². The van der Waals surface area contributed by atoms with Gasteiger partial charge in [-0.05, 0) is 35.9 Å². The van der Waals surface area contributed by atoms with E-state index in [0.29, 0.717) is 22.7 Å². The number of hydrogen-bond acceptors (Lipinski definition) is 5. The van der Waals surface area contributed by atoms with Crippen molar-refractivity contribution in [3.05, 3.63) is 63.8 Å². The minimum atomic E-state index is -4.40. The van der Waals surface area contributed by atoms with Crippen LogP contribution in [0, 0.1) is 0 Å². The lowest BCUT2D eigenvalue weighted by molar-refractivity contribution is -0.137. The van der Waals surface area contributed by atoms with Crippen LogP contribution in [0.3, 0.4) is 0 Å². The predicted octanol–water partition coefficient (Wildman–Crippen LogP) is 3.12. The van der Waals surface area contributed by atoms with Gasteiger partial charge >= 0.3 is 11.9 Å². The smallest absolute Gasteiger partial charge is 0.439 e. The molecule has 6 nitrogen and oxygen atoms in total. The molecular weight excluding hydrogens is 339 g/mol. The van der Waals surface area contributed by atoms with Crippen molar-refractivity contribution in [3.8, 4) is 17.3 Å². The Bertz CT molecular complexity index is 994. The van der Waals surface area contributed by atoms with Gasteiger partial charge in [-0.1, -0.05) is 11.2 Å². The topological polar surface area (TPSA) is 81.0 Å². The molecule has 3 heterocycles. The molecule has 1 atom stereocenters. The fourth-order valence-corrected chi connectivity index (χ4v) is 2.69. The van der Waals surface area contributed by atoms with Crippen molar-refractivity contribution >= 4 is 0 Å².